The highest BCUT2D eigenvalue weighted by molar-refractivity contribution is 9.10. The predicted octanol–water partition coefficient (Wildman–Crippen LogP) is 4.18. The van der Waals surface area contributed by atoms with Crippen LogP contribution < -0.4 is 10.1 Å². The van der Waals surface area contributed by atoms with Gasteiger partial charge in [0.15, 0.2) is 0 Å². The van der Waals surface area contributed by atoms with Gasteiger partial charge < -0.3 is 14.8 Å². The largest absolute Gasteiger partial charge is 0.490 e. The molecular formula is C20H24BrNO3. The van der Waals surface area contributed by atoms with Crippen molar-refractivity contribution in [2.45, 2.75) is 19.3 Å². The van der Waals surface area contributed by atoms with Crippen LogP contribution in [-0.2, 0) is 10.2 Å². The summed E-state index contributed by atoms with van der Waals surface area (Å²) >= 11 is 3.45. The van der Waals surface area contributed by atoms with E-state index in [2.05, 4.69) is 47.2 Å². The van der Waals surface area contributed by atoms with Gasteiger partial charge in [-0.2, -0.15) is 0 Å². The number of para-hydroxylation sites is 1. The van der Waals surface area contributed by atoms with E-state index >= 15 is 0 Å². The molecule has 134 valence electrons. The molecule has 0 atom stereocenters. The van der Waals surface area contributed by atoms with E-state index in [9.17, 15) is 4.79 Å². The molecular weight excluding hydrogens is 382 g/mol. The highest BCUT2D eigenvalue weighted by atomic mass is 79.9. The summed E-state index contributed by atoms with van der Waals surface area (Å²) in [6.45, 7) is 5.63. The first-order valence-electron chi connectivity index (χ1n) is 8.19. The Morgan fingerprint density at radius 3 is 2.44 bits per heavy atom. The third-order valence-corrected chi connectivity index (χ3v) is 4.52. The number of hydrogen-bond acceptors (Lipinski definition) is 3. The number of carbonyl (C=O) groups is 1. The predicted molar refractivity (Wildman–Crippen MR) is 103 cm³/mol. The Morgan fingerprint density at radius 1 is 1.08 bits per heavy atom. The second kappa shape index (κ2) is 9.02. The molecule has 2 aromatic carbocycles. The van der Waals surface area contributed by atoms with Gasteiger partial charge in [-0.05, 0) is 29.8 Å². The van der Waals surface area contributed by atoms with Gasteiger partial charge in [0.1, 0.15) is 12.4 Å². The Morgan fingerprint density at radius 2 is 1.76 bits per heavy atom. The summed E-state index contributed by atoms with van der Waals surface area (Å²) < 4.78 is 11.7. The molecule has 25 heavy (non-hydrogen) atoms. The average Bonchev–Trinajstić information content (AvgIpc) is 2.61. The Balaban J connectivity index is 2.03. The molecule has 2 rings (SSSR count). The van der Waals surface area contributed by atoms with Crippen LogP contribution in [0.3, 0.4) is 0 Å². The number of halogens is 1. The lowest BCUT2D eigenvalue weighted by Crippen LogP contribution is -2.36. The Hall–Kier alpha value is -1.85. The van der Waals surface area contributed by atoms with Crippen LogP contribution in [0.2, 0.25) is 0 Å². The zero-order valence-electron chi connectivity index (χ0n) is 14.8. The normalized spacial score (nSPS) is 11.2. The standard InChI is InChI=1S/C20H24BrNO3/c1-20(2,15-8-10-16(21)11-9-15)14-22-19(23)17-6-4-5-7-18(17)25-13-12-24-3/h4-11H,12-14H2,1-3H3,(H,22,23). The number of nitrogens with one attached hydrogen (secondary N) is 1. The van der Waals surface area contributed by atoms with Gasteiger partial charge in [-0.3, -0.25) is 4.79 Å². The summed E-state index contributed by atoms with van der Waals surface area (Å²) in [5.41, 5.74) is 1.52. The smallest absolute Gasteiger partial charge is 0.255 e. The quantitative estimate of drug-likeness (QED) is 0.669. The molecule has 5 heteroatoms. The van der Waals surface area contributed by atoms with Gasteiger partial charge in [-0.15, -0.1) is 0 Å². The zero-order valence-corrected chi connectivity index (χ0v) is 16.4. The zero-order chi connectivity index (χ0) is 18.3. The topological polar surface area (TPSA) is 47.6 Å². The van der Waals surface area contributed by atoms with Crippen molar-refractivity contribution >= 4 is 21.8 Å². The van der Waals surface area contributed by atoms with Crippen LogP contribution in [-0.4, -0.2) is 32.8 Å². The number of hydrogen-bond donors (Lipinski definition) is 1. The van der Waals surface area contributed by atoms with E-state index in [1.54, 1.807) is 19.2 Å². The molecule has 2 aromatic rings. The molecule has 0 fully saturated rings. The van der Waals surface area contributed by atoms with Crippen molar-refractivity contribution < 1.29 is 14.3 Å². The summed E-state index contributed by atoms with van der Waals surface area (Å²) in [6, 6.07) is 15.4. The molecule has 0 aliphatic rings. The lowest BCUT2D eigenvalue weighted by Gasteiger charge is -2.26. The van der Waals surface area contributed by atoms with Crippen molar-refractivity contribution in [3.05, 3.63) is 64.1 Å². The van der Waals surface area contributed by atoms with Crippen molar-refractivity contribution in [1.82, 2.24) is 5.32 Å². The minimum atomic E-state index is -0.178. The minimum Gasteiger partial charge on any atom is -0.490 e. The van der Waals surface area contributed by atoms with Gasteiger partial charge >= 0.3 is 0 Å². The summed E-state index contributed by atoms with van der Waals surface area (Å²) in [4.78, 5) is 12.6. The summed E-state index contributed by atoms with van der Waals surface area (Å²) in [5, 5.41) is 3.02. The molecule has 1 N–H and O–H groups in total. The van der Waals surface area contributed by atoms with Crippen LogP contribution in [0.4, 0.5) is 0 Å². The summed E-state index contributed by atoms with van der Waals surface area (Å²) in [6.07, 6.45) is 0. The van der Waals surface area contributed by atoms with E-state index in [0.717, 1.165) is 4.47 Å². The summed E-state index contributed by atoms with van der Waals surface area (Å²) in [7, 11) is 1.62. The number of amides is 1. The van der Waals surface area contributed by atoms with Crippen LogP contribution >= 0.6 is 15.9 Å². The number of ether oxygens (including phenoxy) is 2. The number of methoxy groups -OCH3 is 1. The fourth-order valence-corrected chi connectivity index (χ4v) is 2.68. The lowest BCUT2D eigenvalue weighted by molar-refractivity contribution is 0.0938. The van der Waals surface area contributed by atoms with Crippen LogP contribution in [0.15, 0.2) is 53.0 Å². The maximum absolute atomic E-state index is 12.6. The second-order valence-electron chi connectivity index (χ2n) is 6.41. The molecule has 0 aromatic heterocycles. The molecule has 0 saturated carbocycles. The van der Waals surface area contributed by atoms with Gasteiger partial charge in [-0.25, -0.2) is 0 Å². The molecule has 0 saturated heterocycles. The first-order chi connectivity index (χ1) is 11.9. The third-order valence-electron chi connectivity index (χ3n) is 3.99. The fourth-order valence-electron chi connectivity index (χ4n) is 2.41. The summed E-state index contributed by atoms with van der Waals surface area (Å²) in [5.74, 6) is 0.428. The van der Waals surface area contributed by atoms with Crippen LogP contribution in [0.1, 0.15) is 29.8 Å². The Labute approximate surface area is 157 Å². The molecule has 4 nitrogen and oxygen atoms in total. The monoisotopic (exact) mass is 405 g/mol. The van der Waals surface area contributed by atoms with Crippen LogP contribution in [0.25, 0.3) is 0 Å². The van der Waals surface area contributed by atoms with E-state index in [-0.39, 0.29) is 11.3 Å². The molecule has 0 aliphatic heterocycles. The van der Waals surface area contributed by atoms with Gasteiger partial charge in [0.25, 0.3) is 5.91 Å². The van der Waals surface area contributed by atoms with E-state index in [1.165, 1.54) is 5.56 Å². The van der Waals surface area contributed by atoms with E-state index in [1.807, 2.05) is 24.3 Å². The first kappa shape index (κ1) is 19.5. The number of carbonyl (C=O) groups excluding carboxylic acids is 1. The Bertz CT molecular complexity index is 698. The lowest BCUT2D eigenvalue weighted by atomic mass is 9.84. The van der Waals surface area contributed by atoms with Crippen molar-refractivity contribution in [2.24, 2.45) is 0 Å². The molecule has 0 unspecified atom stereocenters. The fraction of sp³-hybridized carbons (Fsp3) is 0.350. The Kier molecular flexibility index (Phi) is 7.02. The maximum atomic E-state index is 12.6. The molecule has 0 heterocycles. The minimum absolute atomic E-state index is 0.141. The SMILES string of the molecule is COCCOc1ccccc1C(=O)NCC(C)(C)c1ccc(Br)cc1. The van der Waals surface area contributed by atoms with Crippen LogP contribution in [0, 0.1) is 0 Å². The van der Waals surface area contributed by atoms with Gasteiger partial charge in [0.05, 0.1) is 12.2 Å². The maximum Gasteiger partial charge on any atom is 0.255 e. The van der Waals surface area contributed by atoms with Crippen molar-refractivity contribution in [3.63, 3.8) is 0 Å². The highest BCUT2D eigenvalue weighted by Crippen LogP contribution is 2.24. The number of rotatable bonds is 8. The first-order valence-corrected chi connectivity index (χ1v) is 8.98. The number of benzene rings is 2. The third kappa shape index (κ3) is 5.58. The van der Waals surface area contributed by atoms with E-state index in [4.69, 9.17) is 9.47 Å². The molecule has 0 spiro atoms. The average molecular weight is 406 g/mol. The van der Waals surface area contributed by atoms with Crippen molar-refractivity contribution in [2.75, 3.05) is 26.9 Å². The van der Waals surface area contributed by atoms with Crippen LogP contribution in [0.5, 0.6) is 5.75 Å². The molecule has 0 bridgehead atoms. The highest BCUT2D eigenvalue weighted by Gasteiger charge is 2.22. The van der Waals surface area contributed by atoms with E-state index < -0.39 is 0 Å². The van der Waals surface area contributed by atoms with Gasteiger partial charge in [0.2, 0.25) is 0 Å². The van der Waals surface area contributed by atoms with Crippen molar-refractivity contribution in [3.8, 4) is 5.75 Å². The molecule has 0 aliphatic carbocycles. The van der Waals surface area contributed by atoms with E-state index in [0.29, 0.717) is 31.1 Å². The van der Waals surface area contributed by atoms with Gasteiger partial charge in [-0.1, -0.05) is 54.0 Å². The molecule has 1 amide bonds. The second-order valence-corrected chi connectivity index (χ2v) is 7.33. The molecule has 0 radical (unpaired) electrons. The van der Waals surface area contributed by atoms with Gasteiger partial charge in [0, 0.05) is 23.5 Å². The van der Waals surface area contributed by atoms with Crippen molar-refractivity contribution in [1.29, 1.82) is 0 Å².